The highest BCUT2D eigenvalue weighted by Gasteiger charge is 2.20. The summed E-state index contributed by atoms with van der Waals surface area (Å²) in [6, 6.07) is 4.02. The van der Waals surface area contributed by atoms with Crippen molar-refractivity contribution in [2.75, 3.05) is 13.6 Å². The number of ether oxygens (including phenoxy) is 1. The summed E-state index contributed by atoms with van der Waals surface area (Å²) in [7, 11) is 2.11. The molecular weight excluding hydrogens is 370 g/mol. The Bertz CT molecular complexity index is 719. The minimum absolute atomic E-state index is 0.454. The van der Waals surface area contributed by atoms with Gasteiger partial charge in [-0.05, 0) is 58.5 Å². The first kappa shape index (κ1) is 18.9. The fraction of sp³-hybridized carbons (Fsp3) is 0.556. The molecule has 0 bridgehead atoms. The average Bonchev–Trinajstić information content (AvgIpc) is 2.86. The lowest BCUT2D eigenvalue weighted by Crippen LogP contribution is -2.27. The van der Waals surface area contributed by atoms with Gasteiger partial charge >= 0.3 is 6.09 Å². The predicted octanol–water partition coefficient (Wildman–Crippen LogP) is 4.81. The minimum Gasteiger partial charge on any atom is -0.442 e. The number of hydrogen-bond acceptors (Lipinski definition) is 4. The second kappa shape index (κ2) is 7.66. The van der Waals surface area contributed by atoms with Gasteiger partial charge < -0.3 is 9.64 Å². The van der Waals surface area contributed by atoms with Gasteiger partial charge in [0.2, 0.25) is 0 Å². The third kappa shape index (κ3) is 4.80. The molecule has 0 atom stereocenters. The second-order valence-electron chi connectivity index (χ2n) is 7.13. The predicted molar refractivity (Wildman–Crippen MR) is 100 cm³/mol. The lowest BCUT2D eigenvalue weighted by molar-refractivity contribution is 0.0522. The standard InChI is InChI=1S/C18H26BrN3O2/c1-6-7-8-21(5)12-14-10-16-13(9-15(14)19)11-20-22(16)17(23)24-18(2,3)4/h9-11H,6-8,12H2,1-5H3. The van der Waals surface area contributed by atoms with Crippen molar-refractivity contribution in [3.63, 3.8) is 0 Å². The summed E-state index contributed by atoms with van der Waals surface area (Å²) in [4.78, 5) is 14.6. The molecule has 24 heavy (non-hydrogen) atoms. The summed E-state index contributed by atoms with van der Waals surface area (Å²) in [5, 5.41) is 5.11. The zero-order valence-electron chi connectivity index (χ0n) is 15.1. The number of halogens is 1. The number of aromatic nitrogens is 2. The van der Waals surface area contributed by atoms with Crippen LogP contribution in [0.3, 0.4) is 0 Å². The first-order chi connectivity index (χ1) is 11.2. The molecule has 0 fully saturated rings. The Morgan fingerprint density at radius 3 is 2.71 bits per heavy atom. The van der Waals surface area contributed by atoms with Gasteiger partial charge in [-0.15, -0.1) is 0 Å². The van der Waals surface area contributed by atoms with Crippen LogP contribution in [0.15, 0.2) is 22.8 Å². The number of hydrogen-bond donors (Lipinski definition) is 0. The molecule has 0 saturated carbocycles. The van der Waals surface area contributed by atoms with Crippen LogP contribution in [0.2, 0.25) is 0 Å². The zero-order chi connectivity index (χ0) is 17.9. The highest BCUT2D eigenvalue weighted by atomic mass is 79.9. The molecule has 0 radical (unpaired) electrons. The van der Waals surface area contributed by atoms with Gasteiger partial charge in [0.05, 0.1) is 11.7 Å². The highest BCUT2D eigenvalue weighted by Crippen LogP contribution is 2.26. The van der Waals surface area contributed by atoms with Crippen molar-refractivity contribution in [3.05, 3.63) is 28.4 Å². The van der Waals surface area contributed by atoms with E-state index in [1.54, 1.807) is 6.20 Å². The fourth-order valence-electron chi connectivity index (χ4n) is 2.46. The summed E-state index contributed by atoms with van der Waals surface area (Å²) in [5.74, 6) is 0. The average molecular weight is 396 g/mol. The van der Waals surface area contributed by atoms with E-state index in [4.69, 9.17) is 4.74 Å². The summed E-state index contributed by atoms with van der Waals surface area (Å²) in [6.45, 7) is 9.60. The Labute approximate surface area is 152 Å². The van der Waals surface area contributed by atoms with E-state index in [0.717, 1.165) is 34.0 Å². The van der Waals surface area contributed by atoms with Crippen LogP contribution in [-0.4, -0.2) is 40.0 Å². The second-order valence-corrected chi connectivity index (χ2v) is 7.98. The maximum Gasteiger partial charge on any atom is 0.435 e. The lowest BCUT2D eigenvalue weighted by atomic mass is 10.1. The van der Waals surface area contributed by atoms with Gasteiger partial charge in [-0.25, -0.2) is 4.79 Å². The number of rotatable bonds is 5. The number of nitrogens with zero attached hydrogens (tertiary/aromatic N) is 3. The van der Waals surface area contributed by atoms with Crippen molar-refractivity contribution < 1.29 is 9.53 Å². The van der Waals surface area contributed by atoms with Crippen LogP contribution in [0.1, 0.15) is 46.1 Å². The number of fused-ring (bicyclic) bond motifs is 1. The van der Waals surface area contributed by atoms with Crippen LogP contribution in [-0.2, 0) is 11.3 Å². The van der Waals surface area contributed by atoms with Crippen LogP contribution < -0.4 is 0 Å². The van der Waals surface area contributed by atoms with Gasteiger partial charge in [0.15, 0.2) is 0 Å². The third-order valence-corrected chi connectivity index (χ3v) is 4.37. The lowest BCUT2D eigenvalue weighted by Gasteiger charge is -2.19. The molecule has 5 nitrogen and oxygen atoms in total. The fourth-order valence-corrected chi connectivity index (χ4v) is 2.95. The summed E-state index contributed by atoms with van der Waals surface area (Å²) in [6.07, 6.45) is 3.58. The van der Waals surface area contributed by atoms with E-state index in [1.807, 2.05) is 32.9 Å². The molecule has 2 aromatic rings. The molecule has 6 heteroatoms. The molecule has 1 aromatic carbocycles. The highest BCUT2D eigenvalue weighted by molar-refractivity contribution is 9.10. The number of unbranched alkanes of at least 4 members (excludes halogenated alkanes) is 1. The van der Waals surface area contributed by atoms with E-state index in [9.17, 15) is 4.79 Å². The first-order valence-corrected chi connectivity index (χ1v) is 9.08. The molecule has 0 amide bonds. The van der Waals surface area contributed by atoms with Crippen molar-refractivity contribution in [2.45, 2.75) is 52.7 Å². The summed E-state index contributed by atoms with van der Waals surface area (Å²) in [5.41, 5.74) is 1.35. The Morgan fingerprint density at radius 2 is 2.08 bits per heavy atom. The van der Waals surface area contributed by atoms with Crippen molar-refractivity contribution >= 4 is 32.9 Å². The number of carbonyl (C=O) groups is 1. The Kier molecular flexibility index (Phi) is 6.04. The van der Waals surface area contributed by atoms with Crippen LogP contribution >= 0.6 is 15.9 Å². The monoisotopic (exact) mass is 395 g/mol. The molecule has 0 unspecified atom stereocenters. The topological polar surface area (TPSA) is 47.4 Å². The largest absolute Gasteiger partial charge is 0.442 e. The van der Waals surface area contributed by atoms with E-state index in [1.165, 1.54) is 17.5 Å². The smallest absolute Gasteiger partial charge is 0.435 e. The summed E-state index contributed by atoms with van der Waals surface area (Å²) >= 11 is 3.63. The maximum absolute atomic E-state index is 12.4. The quantitative estimate of drug-likeness (QED) is 0.728. The van der Waals surface area contributed by atoms with E-state index >= 15 is 0 Å². The van der Waals surface area contributed by atoms with Crippen LogP contribution in [0.5, 0.6) is 0 Å². The van der Waals surface area contributed by atoms with Gasteiger partial charge in [-0.2, -0.15) is 9.78 Å². The van der Waals surface area contributed by atoms with Gasteiger partial charge in [0.25, 0.3) is 0 Å². The molecule has 0 aliphatic carbocycles. The van der Waals surface area contributed by atoms with Gasteiger partial charge in [-0.3, -0.25) is 0 Å². The molecule has 132 valence electrons. The van der Waals surface area contributed by atoms with Gasteiger partial charge in [0, 0.05) is 16.4 Å². The van der Waals surface area contributed by atoms with E-state index < -0.39 is 11.7 Å². The van der Waals surface area contributed by atoms with Gasteiger partial charge in [-0.1, -0.05) is 29.3 Å². The molecule has 0 aliphatic rings. The molecule has 0 spiro atoms. The third-order valence-electron chi connectivity index (χ3n) is 3.64. The molecule has 0 N–H and O–H groups in total. The molecule has 2 rings (SSSR count). The molecule has 0 aliphatic heterocycles. The van der Waals surface area contributed by atoms with Gasteiger partial charge in [0.1, 0.15) is 5.60 Å². The molecule has 0 saturated heterocycles. The van der Waals surface area contributed by atoms with Crippen molar-refractivity contribution in [1.82, 2.24) is 14.7 Å². The van der Waals surface area contributed by atoms with Crippen LogP contribution in [0.25, 0.3) is 10.9 Å². The normalized spacial score (nSPS) is 12.1. The SMILES string of the molecule is CCCCN(C)Cc1cc2c(cnn2C(=O)OC(C)(C)C)cc1Br. The van der Waals surface area contributed by atoms with E-state index in [-0.39, 0.29) is 0 Å². The van der Waals surface area contributed by atoms with E-state index in [2.05, 4.69) is 39.9 Å². The van der Waals surface area contributed by atoms with Crippen molar-refractivity contribution in [1.29, 1.82) is 0 Å². The minimum atomic E-state index is -0.548. The van der Waals surface area contributed by atoms with Crippen LogP contribution in [0, 0.1) is 0 Å². The molecule has 1 aromatic heterocycles. The van der Waals surface area contributed by atoms with Crippen molar-refractivity contribution in [3.8, 4) is 0 Å². The number of benzene rings is 1. The Balaban J connectivity index is 2.30. The molecule has 1 heterocycles. The van der Waals surface area contributed by atoms with Crippen LogP contribution in [0.4, 0.5) is 4.79 Å². The molecular formula is C18H26BrN3O2. The first-order valence-electron chi connectivity index (χ1n) is 8.29. The zero-order valence-corrected chi connectivity index (χ0v) is 16.7. The summed E-state index contributed by atoms with van der Waals surface area (Å²) < 4.78 is 7.80. The van der Waals surface area contributed by atoms with Crippen molar-refractivity contribution in [2.24, 2.45) is 0 Å². The Hall–Kier alpha value is -1.40. The maximum atomic E-state index is 12.4. The Morgan fingerprint density at radius 1 is 1.38 bits per heavy atom. The van der Waals surface area contributed by atoms with E-state index in [0.29, 0.717) is 0 Å². The number of carbonyl (C=O) groups excluding carboxylic acids is 1.